The van der Waals surface area contributed by atoms with Gasteiger partial charge in [0.25, 0.3) is 0 Å². The number of carbonyl (C=O) groups is 1. The topological polar surface area (TPSA) is 73.8 Å². The van der Waals surface area contributed by atoms with E-state index in [-0.39, 0.29) is 28.9 Å². The van der Waals surface area contributed by atoms with Gasteiger partial charge in [-0.3, -0.25) is 4.79 Å². The second kappa shape index (κ2) is 7.67. The molecule has 1 amide bonds. The van der Waals surface area contributed by atoms with Crippen LogP contribution in [0.5, 0.6) is 0 Å². The van der Waals surface area contributed by atoms with Gasteiger partial charge in [0.1, 0.15) is 10.7 Å². The van der Waals surface area contributed by atoms with Gasteiger partial charge in [0.15, 0.2) is 0 Å². The molecular weight excluding hydrogens is 400 g/mol. The minimum Gasteiger partial charge on any atom is -0.352 e. The summed E-state index contributed by atoms with van der Waals surface area (Å²) in [5, 5.41) is 0. The Hall–Kier alpha value is -2.45. The number of likely N-dealkylation sites (N-methyl/N-ethyl adjacent to an activating group) is 1. The summed E-state index contributed by atoms with van der Waals surface area (Å²) in [7, 11) is -1.86. The van der Waals surface area contributed by atoms with Gasteiger partial charge in [-0.25, -0.2) is 13.4 Å². The molecule has 2 aliphatic rings. The highest BCUT2D eigenvalue weighted by Crippen LogP contribution is 2.37. The Morgan fingerprint density at radius 2 is 1.83 bits per heavy atom. The number of aromatic nitrogens is 1. The monoisotopic (exact) mass is 428 g/mol. The van der Waals surface area contributed by atoms with Crippen LogP contribution >= 0.6 is 0 Å². The third-order valence-corrected chi connectivity index (χ3v) is 8.31. The zero-order chi connectivity index (χ0) is 21.6. The summed E-state index contributed by atoms with van der Waals surface area (Å²) in [6, 6.07) is 10.4. The normalized spacial score (nSPS) is 23.2. The van der Waals surface area contributed by atoms with E-state index in [2.05, 4.69) is 4.98 Å². The van der Waals surface area contributed by atoms with Crippen LogP contribution in [-0.2, 0) is 21.2 Å². The second-order valence-electron chi connectivity index (χ2n) is 8.40. The van der Waals surface area contributed by atoms with Crippen LogP contribution < -0.4 is 4.90 Å². The van der Waals surface area contributed by atoms with Crippen molar-refractivity contribution in [1.82, 2.24) is 14.2 Å². The van der Waals surface area contributed by atoms with Gasteiger partial charge in [-0.05, 0) is 44.0 Å². The van der Waals surface area contributed by atoms with Crippen LogP contribution in [0, 0.1) is 6.92 Å². The van der Waals surface area contributed by atoms with Crippen LogP contribution in [-0.4, -0.2) is 66.8 Å². The lowest BCUT2D eigenvalue weighted by Crippen LogP contribution is -2.52. The van der Waals surface area contributed by atoms with Crippen LogP contribution in [0.4, 0.5) is 5.82 Å². The van der Waals surface area contributed by atoms with E-state index in [1.807, 2.05) is 57.0 Å². The number of sulfonamides is 1. The molecule has 0 radical (unpaired) electrons. The van der Waals surface area contributed by atoms with Gasteiger partial charge in [0.2, 0.25) is 15.9 Å². The molecule has 0 unspecified atom stereocenters. The standard InChI is InChI=1S/C22H28N4O3S/c1-15(2)26-19-14-25(21(27)12-17-9-6-5-8-16(17)3)13-18(19)24(4)22-20(30(26,28)29)10-7-11-23-22/h5-11,15,18-19H,12-14H2,1-4H3/t18-,19-/m1/s1. The third-order valence-electron chi connectivity index (χ3n) is 6.19. The average Bonchev–Trinajstić information content (AvgIpc) is 3.11. The minimum atomic E-state index is -3.73. The lowest BCUT2D eigenvalue weighted by molar-refractivity contribution is -0.129. The van der Waals surface area contributed by atoms with Crippen molar-refractivity contribution < 1.29 is 13.2 Å². The van der Waals surface area contributed by atoms with E-state index < -0.39 is 10.0 Å². The molecule has 2 aliphatic heterocycles. The Labute approximate surface area is 178 Å². The molecule has 4 rings (SSSR count). The molecule has 160 valence electrons. The molecule has 2 atom stereocenters. The molecule has 1 saturated heterocycles. The van der Waals surface area contributed by atoms with Crippen molar-refractivity contribution in [3.63, 3.8) is 0 Å². The maximum atomic E-state index is 13.5. The van der Waals surface area contributed by atoms with Crippen molar-refractivity contribution >= 4 is 21.7 Å². The number of amides is 1. The number of benzene rings is 1. The first-order valence-electron chi connectivity index (χ1n) is 10.3. The number of likely N-dealkylation sites (tertiary alicyclic amines) is 1. The second-order valence-corrected chi connectivity index (χ2v) is 10.2. The fourth-order valence-corrected chi connectivity index (χ4v) is 6.67. The Kier molecular flexibility index (Phi) is 5.32. The first-order valence-corrected chi connectivity index (χ1v) is 11.7. The van der Waals surface area contributed by atoms with E-state index in [0.29, 0.717) is 25.3 Å². The Balaban J connectivity index is 1.69. The van der Waals surface area contributed by atoms with Crippen LogP contribution in [0.25, 0.3) is 0 Å². The number of carbonyl (C=O) groups excluding carboxylic acids is 1. The fourth-order valence-electron chi connectivity index (χ4n) is 4.64. The van der Waals surface area contributed by atoms with Gasteiger partial charge in [-0.1, -0.05) is 24.3 Å². The van der Waals surface area contributed by atoms with Gasteiger partial charge in [0.05, 0.1) is 18.5 Å². The predicted molar refractivity (Wildman–Crippen MR) is 116 cm³/mol. The van der Waals surface area contributed by atoms with Crippen molar-refractivity contribution in [3.8, 4) is 0 Å². The molecule has 30 heavy (non-hydrogen) atoms. The molecule has 1 aromatic carbocycles. The molecule has 1 fully saturated rings. The van der Waals surface area contributed by atoms with Crippen LogP contribution in [0.15, 0.2) is 47.5 Å². The number of aryl methyl sites for hydroxylation is 1. The van der Waals surface area contributed by atoms with Gasteiger partial charge in [0, 0.05) is 32.4 Å². The fraction of sp³-hybridized carbons (Fsp3) is 0.455. The summed E-state index contributed by atoms with van der Waals surface area (Å²) < 4.78 is 28.6. The summed E-state index contributed by atoms with van der Waals surface area (Å²) in [6.45, 7) is 6.62. The first-order chi connectivity index (χ1) is 14.2. The Morgan fingerprint density at radius 3 is 2.53 bits per heavy atom. The number of rotatable bonds is 3. The van der Waals surface area contributed by atoms with Gasteiger partial charge in [-0.2, -0.15) is 4.31 Å². The van der Waals surface area contributed by atoms with Crippen LogP contribution in [0.3, 0.4) is 0 Å². The van der Waals surface area contributed by atoms with E-state index >= 15 is 0 Å². The van der Waals surface area contributed by atoms with Crippen molar-refractivity contribution in [2.45, 2.75) is 50.2 Å². The molecular formula is C22H28N4O3S. The average molecular weight is 429 g/mol. The van der Waals surface area contributed by atoms with E-state index in [1.165, 1.54) is 0 Å². The summed E-state index contributed by atoms with van der Waals surface area (Å²) in [6.07, 6.45) is 1.93. The van der Waals surface area contributed by atoms with E-state index in [0.717, 1.165) is 11.1 Å². The SMILES string of the molecule is Cc1ccccc1CC(=O)N1C[C@@H]2[C@@H](C1)N(C(C)C)S(=O)(=O)c1cccnc1N2C. The zero-order valence-electron chi connectivity index (χ0n) is 17.8. The number of anilines is 1. The molecule has 0 N–H and O–H groups in total. The molecule has 2 aromatic rings. The molecule has 8 heteroatoms. The minimum absolute atomic E-state index is 0.0214. The summed E-state index contributed by atoms with van der Waals surface area (Å²) in [4.78, 5) is 21.5. The number of hydrogen-bond acceptors (Lipinski definition) is 5. The van der Waals surface area contributed by atoms with Crippen molar-refractivity contribution in [3.05, 3.63) is 53.7 Å². The molecule has 7 nitrogen and oxygen atoms in total. The number of hydrogen-bond donors (Lipinski definition) is 0. The lowest BCUT2D eigenvalue weighted by Gasteiger charge is -2.33. The first kappa shape index (κ1) is 20.8. The predicted octanol–water partition coefficient (Wildman–Crippen LogP) is 2.06. The maximum Gasteiger partial charge on any atom is 0.247 e. The largest absolute Gasteiger partial charge is 0.352 e. The summed E-state index contributed by atoms with van der Waals surface area (Å²) in [5.74, 6) is 0.469. The highest BCUT2D eigenvalue weighted by atomic mass is 32.2. The van der Waals surface area contributed by atoms with Crippen molar-refractivity contribution in [2.24, 2.45) is 0 Å². The smallest absolute Gasteiger partial charge is 0.247 e. The lowest BCUT2D eigenvalue weighted by atomic mass is 10.1. The van der Waals surface area contributed by atoms with Gasteiger partial charge < -0.3 is 9.80 Å². The maximum absolute atomic E-state index is 13.5. The molecule has 0 saturated carbocycles. The Morgan fingerprint density at radius 1 is 1.13 bits per heavy atom. The van der Waals surface area contributed by atoms with Crippen LogP contribution in [0.1, 0.15) is 25.0 Å². The molecule has 0 aliphatic carbocycles. The van der Waals surface area contributed by atoms with E-state index in [9.17, 15) is 13.2 Å². The van der Waals surface area contributed by atoms with Crippen molar-refractivity contribution in [2.75, 3.05) is 25.0 Å². The van der Waals surface area contributed by atoms with Gasteiger partial charge in [-0.15, -0.1) is 0 Å². The molecule has 3 heterocycles. The van der Waals surface area contributed by atoms with Gasteiger partial charge >= 0.3 is 0 Å². The zero-order valence-corrected chi connectivity index (χ0v) is 18.6. The third kappa shape index (κ3) is 3.37. The molecule has 0 bridgehead atoms. The summed E-state index contributed by atoms with van der Waals surface area (Å²) in [5.41, 5.74) is 2.09. The highest BCUT2D eigenvalue weighted by Gasteiger charge is 2.50. The quantitative estimate of drug-likeness (QED) is 0.748. The number of pyridine rings is 1. The summed E-state index contributed by atoms with van der Waals surface area (Å²) >= 11 is 0. The molecule has 1 aromatic heterocycles. The molecule has 0 spiro atoms. The van der Waals surface area contributed by atoms with Crippen molar-refractivity contribution in [1.29, 1.82) is 0 Å². The Bertz CT molecular complexity index is 1070. The number of nitrogens with zero attached hydrogens (tertiary/aromatic N) is 4. The van der Waals surface area contributed by atoms with E-state index in [4.69, 9.17) is 0 Å². The van der Waals surface area contributed by atoms with E-state index in [1.54, 1.807) is 27.5 Å². The number of fused-ring (bicyclic) bond motifs is 2. The van der Waals surface area contributed by atoms with Crippen LogP contribution in [0.2, 0.25) is 0 Å². The highest BCUT2D eigenvalue weighted by molar-refractivity contribution is 7.89.